The van der Waals surface area contributed by atoms with Crippen LogP contribution in [0.3, 0.4) is 0 Å². The lowest BCUT2D eigenvalue weighted by Gasteiger charge is -2.10. The summed E-state index contributed by atoms with van der Waals surface area (Å²) in [4.78, 5) is 25.1. The van der Waals surface area contributed by atoms with Gasteiger partial charge in [-0.05, 0) is 79.3 Å². The zero-order chi connectivity index (χ0) is 22.8. The number of hydrogen-bond acceptors (Lipinski definition) is 4. The Bertz CT molecular complexity index is 1020. The molecule has 0 fully saturated rings. The number of aryl methyl sites for hydroxylation is 2. The molecule has 0 aliphatic heterocycles. The van der Waals surface area contributed by atoms with Gasteiger partial charge in [0.1, 0.15) is 11.5 Å². The first-order chi connectivity index (χ1) is 15.6. The Morgan fingerprint density at radius 2 is 1.22 bits per heavy atom. The van der Waals surface area contributed by atoms with E-state index in [0.29, 0.717) is 22.6 Å². The number of ether oxygens (including phenoxy) is 2. The molecule has 0 N–H and O–H groups in total. The molecule has 3 rings (SSSR count). The molecule has 4 heteroatoms. The van der Waals surface area contributed by atoms with Crippen molar-refractivity contribution in [2.75, 3.05) is 0 Å². The fourth-order valence-corrected chi connectivity index (χ4v) is 3.40. The summed E-state index contributed by atoms with van der Waals surface area (Å²) in [5.41, 5.74) is 3.18. The molecule has 0 bridgehead atoms. The van der Waals surface area contributed by atoms with Crippen molar-refractivity contribution in [3.05, 3.63) is 95.1 Å². The molecule has 32 heavy (non-hydrogen) atoms. The van der Waals surface area contributed by atoms with Crippen molar-refractivity contribution < 1.29 is 19.1 Å². The molecular formula is C28H30O4. The van der Waals surface area contributed by atoms with Crippen LogP contribution < -0.4 is 9.47 Å². The predicted octanol–water partition coefficient (Wildman–Crippen LogP) is 6.81. The Morgan fingerprint density at radius 1 is 0.656 bits per heavy atom. The summed E-state index contributed by atoms with van der Waals surface area (Å²) in [7, 11) is 0. The summed E-state index contributed by atoms with van der Waals surface area (Å²) in [5.74, 6) is 0.0517. The topological polar surface area (TPSA) is 52.6 Å². The average Bonchev–Trinajstić information content (AvgIpc) is 2.83. The summed E-state index contributed by atoms with van der Waals surface area (Å²) in [6, 6.07) is 21.5. The summed E-state index contributed by atoms with van der Waals surface area (Å²) >= 11 is 0. The van der Waals surface area contributed by atoms with Gasteiger partial charge in [0, 0.05) is 0 Å². The lowest BCUT2D eigenvalue weighted by Crippen LogP contribution is -2.12. The first kappa shape index (κ1) is 23.3. The second-order valence-corrected chi connectivity index (χ2v) is 7.81. The van der Waals surface area contributed by atoms with Gasteiger partial charge in [0.05, 0.1) is 11.1 Å². The highest BCUT2D eigenvalue weighted by atomic mass is 16.5. The first-order valence-electron chi connectivity index (χ1n) is 11.3. The maximum atomic E-state index is 12.6. The van der Waals surface area contributed by atoms with E-state index in [4.69, 9.17) is 9.47 Å². The van der Waals surface area contributed by atoms with Crippen LogP contribution in [0.2, 0.25) is 0 Å². The molecule has 3 aromatic carbocycles. The number of rotatable bonds is 10. The molecule has 0 aliphatic carbocycles. The van der Waals surface area contributed by atoms with Crippen molar-refractivity contribution in [1.29, 1.82) is 0 Å². The van der Waals surface area contributed by atoms with Crippen molar-refractivity contribution in [3.8, 4) is 11.5 Å². The molecule has 0 aromatic heterocycles. The van der Waals surface area contributed by atoms with E-state index in [-0.39, 0.29) is 0 Å². The number of esters is 2. The Kier molecular flexibility index (Phi) is 8.61. The molecule has 0 unspecified atom stereocenters. The minimum absolute atomic E-state index is 0.386. The van der Waals surface area contributed by atoms with E-state index < -0.39 is 11.9 Å². The smallest absolute Gasteiger partial charge is 0.343 e. The minimum atomic E-state index is -0.450. The van der Waals surface area contributed by atoms with Gasteiger partial charge in [0.25, 0.3) is 0 Å². The predicted molar refractivity (Wildman–Crippen MR) is 126 cm³/mol. The van der Waals surface area contributed by atoms with E-state index in [2.05, 4.69) is 13.8 Å². The fraction of sp³-hybridized carbons (Fsp3) is 0.286. The van der Waals surface area contributed by atoms with Crippen LogP contribution in [0.1, 0.15) is 71.4 Å². The van der Waals surface area contributed by atoms with Crippen LogP contribution in [0.15, 0.2) is 72.8 Å². The fourth-order valence-electron chi connectivity index (χ4n) is 3.40. The van der Waals surface area contributed by atoms with E-state index >= 15 is 0 Å². The van der Waals surface area contributed by atoms with Crippen LogP contribution >= 0.6 is 0 Å². The molecule has 0 spiro atoms. The van der Waals surface area contributed by atoms with E-state index in [1.165, 1.54) is 5.56 Å². The summed E-state index contributed by atoms with van der Waals surface area (Å²) < 4.78 is 11.0. The largest absolute Gasteiger partial charge is 0.423 e. The quantitative estimate of drug-likeness (QED) is 0.262. The summed E-state index contributed by atoms with van der Waals surface area (Å²) in [6.07, 6.45) is 6.22. The first-order valence-corrected chi connectivity index (χ1v) is 11.3. The van der Waals surface area contributed by atoms with Gasteiger partial charge in [-0.3, -0.25) is 0 Å². The SMILES string of the molecule is CCCCc1ccc(OC(=O)c2ccc(OC(=O)c3ccccc3CCCC)cc2)cc1. The van der Waals surface area contributed by atoms with Gasteiger partial charge in [0.15, 0.2) is 0 Å². The van der Waals surface area contributed by atoms with Crippen molar-refractivity contribution in [3.63, 3.8) is 0 Å². The van der Waals surface area contributed by atoms with E-state index in [9.17, 15) is 9.59 Å². The van der Waals surface area contributed by atoms with Crippen LogP contribution in [0.4, 0.5) is 0 Å². The lowest BCUT2D eigenvalue weighted by molar-refractivity contribution is 0.0729. The molecule has 0 heterocycles. The molecule has 166 valence electrons. The maximum absolute atomic E-state index is 12.6. The van der Waals surface area contributed by atoms with Crippen molar-refractivity contribution >= 4 is 11.9 Å². The molecular weight excluding hydrogens is 400 g/mol. The zero-order valence-corrected chi connectivity index (χ0v) is 18.8. The van der Waals surface area contributed by atoms with Crippen LogP contribution in [0.5, 0.6) is 11.5 Å². The van der Waals surface area contributed by atoms with Crippen molar-refractivity contribution in [2.24, 2.45) is 0 Å². The van der Waals surface area contributed by atoms with Gasteiger partial charge in [0.2, 0.25) is 0 Å². The molecule has 0 radical (unpaired) electrons. The second kappa shape index (κ2) is 11.8. The molecule has 3 aromatic rings. The third kappa shape index (κ3) is 6.55. The highest BCUT2D eigenvalue weighted by Crippen LogP contribution is 2.20. The highest BCUT2D eigenvalue weighted by Gasteiger charge is 2.14. The van der Waals surface area contributed by atoms with Gasteiger partial charge in [-0.25, -0.2) is 9.59 Å². The summed E-state index contributed by atoms with van der Waals surface area (Å²) in [5, 5.41) is 0. The number of carbonyl (C=O) groups excluding carboxylic acids is 2. The number of carbonyl (C=O) groups is 2. The van der Waals surface area contributed by atoms with Gasteiger partial charge in [-0.15, -0.1) is 0 Å². The third-order valence-corrected chi connectivity index (χ3v) is 5.29. The van der Waals surface area contributed by atoms with Crippen LogP contribution in [-0.4, -0.2) is 11.9 Å². The Morgan fingerprint density at radius 3 is 1.88 bits per heavy atom. The van der Waals surface area contributed by atoms with Crippen molar-refractivity contribution in [2.45, 2.75) is 52.4 Å². The van der Waals surface area contributed by atoms with E-state index in [1.54, 1.807) is 30.3 Å². The van der Waals surface area contributed by atoms with Crippen LogP contribution in [0.25, 0.3) is 0 Å². The monoisotopic (exact) mass is 430 g/mol. The lowest BCUT2D eigenvalue weighted by atomic mass is 10.0. The van der Waals surface area contributed by atoms with E-state index in [0.717, 1.165) is 44.1 Å². The second-order valence-electron chi connectivity index (χ2n) is 7.81. The standard InChI is InChI=1S/C28H30O4/c1-3-5-9-21-13-17-24(18-14-21)31-27(29)23-15-19-25(20-16-23)32-28(30)26-12-8-7-11-22(26)10-6-4-2/h7-8,11-20H,3-6,9-10H2,1-2H3. The van der Waals surface area contributed by atoms with Gasteiger partial charge in [-0.1, -0.05) is 57.0 Å². The highest BCUT2D eigenvalue weighted by molar-refractivity contribution is 5.93. The minimum Gasteiger partial charge on any atom is -0.423 e. The van der Waals surface area contributed by atoms with Crippen molar-refractivity contribution in [1.82, 2.24) is 0 Å². The maximum Gasteiger partial charge on any atom is 0.343 e. The molecule has 0 atom stereocenters. The number of hydrogen-bond donors (Lipinski definition) is 0. The van der Waals surface area contributed by atoms with Crippen LogP contribution in [-0.2, 0) is 12.8 Å². The van der Waals surface area contributed by atoms with E-state index in [1.807, 2.05) is 42.5 Å². The molecule has 0 saturated heterocycles. The third-order valence-electron chi connectivity index (χ3n) is 5.29. The Labute approximate surface area is 190 Å². The Hall–Kier alpha value is -3.40. The summed E-state index contributed by atoms with van der Waals surface area (Å²) in [6.45, 7) is 4.28. The average molecular weight is 431 g/mol. The Balaban J connectivity index is 1.60. The van der Waals surface area contributed by atoms with Gasteiger partial charge >= 0.3 is 11.9 Å². The molecule has 0 aliphatic rings. The molecule has 0 amide bonds. The van der Waals surface area contributed by atoms with Crippen LogP contribution in [0, 0.1) is 0 Å². The molecule has 4 nitrogen and oxygen atoms in total. The van der Waals surface area contributed by atoms with Gasteiger partial charge in [-0.2, -0.15) is 0 Å². The zero-order valence-electron chi connectivity index (χ0n) is 18.8. The molecule has 0 saturated carbocycles. The number of benzene rings is 3. The number of unbranched alkanes of at least 4 members (excludes halogenated alkanes) is 2. The normalized spacial score (nSPS) is 10.6. The van der Waals surface area contributed by atoms with Gasteiger partial charge < -0.3 is 9.47 Å².